The number of nitrogens with one attached hydrogen (secondary N) is 1. The molecule has 30 heavy (non-hydrogen) atoms. The highest BCUT2D eigenvalue weighted by molar-refractivity contribution is 5.93. The molecule has 1 amide bonds. The predicted octanol–water partition coefficient (Wildman–Crippen LogP) is 3.13. The van der Waals surface area contributed by atoms with E-state index in [4.69, 9.17) is 0 Å². The van der Waals surface area contributed by atoms with Gasteiger partial charge in [-0.15, -0.1) is 0 Å². The van der Waals surface area contributed by atoms with Crippen molar-refractivity contribution in [2.45, 2.75) is 64.3 Å². The van der Waals surface area contributed by atoms with Crippen LogP contribution in [-0.4, -0.2) is 44.8 Å². The number of piperidine rings is 1. The molecule has 1 aromatic carbocycles. The normalized spacial score (nSPS) is 18.8. The van der Waals surface area contributed by atoms with Gasteiger partial charge in [0, 0.05) is 24.7 Å². The van der Waals surface area contributed by atoms with Crippen LogP contribution in [0.15, 0.2) is 23.0 Å². The fraction of sp³-hybridized carbons (Fsp3) is 0.609. The van der Waals surface area contributed by atoms with Gasteiger partial charge in [-0.25, -0.2) is 9.48 Å². The Balaban J connectivity index is 1.36. The van der Waals surface area contributed by atoms with Crippen molar-refractivity contribution in [3.63, 3.8) is 0 Å². The molecule has 0 spiro atoms. The Morgan fingerprint density at radius 2 is 1.83 bits per heavy atom. The van der Waals surface area contributed by atoms with Crippen molar-refractivity contribution >= 4 is 11.6 Å². The van der Waals surface area contributed by atoms with E-state index < -0.39 is 0 Å². The molecule has 2 fully saturated rings. The third-order valence-electron chi connectivity index (χ3n) is 6.65. The van der Waals surface area contributed by atoms with Crippen molar-refractivity contribution in [1.29, 1.82) is 0 Å². The molecular weight excluding hydrogens is 378 g/mol. The zero-order valence-electron chi connectivity index (χ0n) is 18.4. The molecule has 1 aliphatic carbocycles. The Kier molecular flexibility index (Phi) is 6.09. The summed E-state index contributed by atoms with van der Waals surface area (Å²) in [5, 5.41) is 7.65. The van der Waals surface area contributed by atoms with E-state index in [1.807, 2.05) is 23.6 Å². The monoisotopic (exact) mass is 411 g/mol. The average Bonchev–Trinajstić information content (AvgIpc) is 3.33. The van der Waals surface area contributed by atoms with Crippen LogP contribution in [0.2, 0.25) is 0 Å². The van der Waals surface area contributed by atoms with Gasteiger partial charge in [0.2, 0.25) is 5.91 Å². The van der Waals surface area contributed by atoms with E-state index in [-0.39, 0.29) is 17.5 Å². The maximum atomic E-state index is 12.7. The molecular formula is C23H33N5O2. The third-order valence-corrected chi connectivity index (χ3v) is 6.65. The molecule has 162 valence electrons. The molecule has 0 radical (unpaired) electrons. The van der Waals surface area contributed by atoms with Crippen molar-refractivity contribution in [2.75, 3.05) is 25.0 Å². The number of rotatable bonds is 5. The quantitative estimate of drug-likeness (QED) is 0.821. The van der Waals surface area contributed by atoms with E-state index in [1.54, 1.807) is 7.05 Å². The number of amides is 1. The standard InChI is InChI=1S/C23H33N5O2/c1-16-8-9-20(17(2)14-16)24-21(29)15-27-12-10-18(11-13-27)22-25-26(3)23(30)28(22)19-6-4-5-7-19/h8-9,14,18-19H,4-7,10-13,15H2,1-3H3,(H,24,29). The first kappa shape index (κ1) is 20.8. The minimum Gasteiger partial charge on any atom is -0.325 e. The smallest absolute Gasteiger partial charge is 0.325 e. The molecule has 2 aromatic rings. The lowest BCUT2D eigenvalue weighted by atomic mass is 9.95. The molecule has 1 saturated heterocycles. The molecule has 1 aromatic heterocycles. The first-order valence-electron chi connectivity index (χ1n) is 11.2. The molecule has 2 aliphatic rings. The topological polar surface area (TPSA) is 72.2 Å². The van der Waals surface area contributed by atoms with E-state index >= 15 is 0 Å². The van der Waals surface area contributed by atoms with Gasteiger partial charge in [-0.3, -0.25) is 14.3 Å². The number of carbonyl (C=O) groups excluding carboxylic acids is 1. The molecule has 0 unspecified atom stereocenters. The van der Waals surface area contributed by atoms with Crippen molar-refractivity contribution in [2.24, 2.45) is 7.05 Å². The number of likely N-dealkylation sites (tertiary alicyclic amines) is 1. The first-order chi connectivity index (χ1) is 14.4. The van der Waals surface area contributed by atoms with Crippen LogP contribution in [0.1, 0.15) is 67.4 Å². The van der Waals surface area contributed by atoms with Gasteiger partial charge in [0.25, 0.3) is 0 Å². The second-order valence-electron chi connectivity index (χ2n) is 8.99. The van der Waals surface area contributed by atoms with Crippen LogP contribution < -0.4 is 11.0 Å². The molecule has 4 rings (SSSR count). The van der Waals surface area contributed by atoms with Crippen LogP contribution >= 0.6 is 0 Å². The zero-order valence-corrected chi connectivity index (χ0v) is 18.4. The highest BCUT2D eigenvalue weighted by Crippen LogP contribution is 2.33. The van der Waals surface area contributed by atoms with E-state index in [2.05, 4.69) is 28.3 Å². The summed E-state index contributed by atoms with van der Waals surface area (Å²) in [6, 6.07) is 6.38. The summed E-state index contributed by atoms with van der Waals surface area (Å²) in [5.41, 5.74) is 3.18. The minimum absolute atomic E-state index is 0.0205. The molecule has 7 nitrogen and oxygen atoms in total. The molecule has 0 bridgehead atoms. The highest BCUT2D eigenvalue weighted by atomic mass is 16.2. The predicted molar refractivity (Wildman–Crippen MR) is 118 cm³/mol. The van der Waals surface area contributed by atoms with Gasteiger partial charge >= 0.3 is 5.69 Å². The highest BCUT2D eigenvalue weighted by Gasteiger charge is 2.30. The second kappa shape index (κ2) is 8.76. The van der Waals surface area contributed by atoms with Crippen LogP contribution in [0.4, 0.5) is 5.69 Å². The fourth-order valence-corrected chi connectivity index (χ4v) is 4.98. The van der Waals surface area contributed by atoms with Gasteiger partial charge in [-0.2, -0.15) is 5.10 Å². The number of carbonyl (C=O) groups is 1. The second-order valence-corrected chi connectivity index (χ2v) is 8.99. The number of aryl methyl sites for hydroxylation is 3. The molecule has 1 saturated carbocycles. The van der Waals surface area contributed by atoms with Gasteiger partial charge in [0.15, 0.2) is 0 Å². The van der Waals surface area contributed by atoms with E-state index in [1.165, 1.54) is 23.1 Å². The summed E-state index contributed by atoms with van der Waals surface area (Å²) >= 11 is 0. The molecule has 2 heterocycles. The zero-order chi connectivity index (χ0) is 21.3. The maximum absolute atomic E-state index is 12.7. The molecule has 1 aliphatic heterocycles. The lowest BCUT2D eigenvalue weighted by Crippen LogP contribution is -2.39. The van der Waals surface area contributed by atoms with Gasteiger partial charge in [-0.05, 0) is 64.3 Å². The Labute approximate surface area is 178 Å². The summed E-state index contributed by atoms with van der Waals surface area (Å²) in [6.45, 7) is 6.17. The molecule has 1 N–H and O–H groups in total. The van der Waals surface area contributed by atoms with Gasteiger partial charge in [-0.1, -0.05) is 30.5 Å². The van der Waals surface area contributed by atoms with Crippen molar-refractivity contribution in [1.82, 2.24) is 19.2 Å². The van der Waals surface area contributed by atoms with Crippen LogP contribution in [-0.2, 0) is 11.8 Å². The third kappa shape index (κ3) is 4.36. The van der Waals surface area contributed by atoms with Gasteiger partial charge < -0.3 is 5.32 Å². The summed E-state index contributed by atoms with van der Waals surface area (Å²) in [4.78, 5) is 27.4. The molecule has 7 heteroatoms. The number of anilines is 1. The minimum atomic E-state index is 0.0205. The average molecular weight is 412 g/mol. The number of hydrogen-bond donors (Lipinski definition) is 1. The summed E-state index contributed by atoms with van der Waals surface area (Å²) < 4.78 is 3.47. The first-order valence-corrected chi connectivity index (χ1v) is 11.2. The van der Waals surface area contributed by atoms with Crippen LogP contribution in [0, 0.1) is 13.8 Å². The van der Waals surface area contributed by atoms with Crippen LogP contribution in [0.5, 0.6) is 0 Å². The summed E-state index contributed by atoms with van der Waals surface area (Å²) in [5.74, 6) is 1.27. The Bertz CT molecular complexity index is 962. The largest absolute Gasteiger partial charge is 0.345 e. The van der Waals surface area contributed by atoms with E-state index in [0.717, 1.165) is 55.8 Å². The number of aromatic nitrogens is 3. The Morgan fingerprint density at radius 1 is 1.13 bits per heavy atom. The SMILES string of the molecule is Cc1ccc(NC(=O)CN2CCC(c3nn(C)c(=O)n3C3CCCC3)CC2)c(C)c1. The van der Waals surface area contributed by atoms with Crippen LogP contribution in [0.3, 0.4) is 0 Å². The van der Waals surface area contributed by atoms with E-state index in [9.17, 15) is 9.59 Å². The van der Waals surface area contributed by atoms with Crippen LogP contribution in [0.25, 0.3) is 0 Å². The van der Waals surface area contributed by atoms with E-state index in [0.29, 0.717) is 12.6 Å². The van der Waals surface area contributed by atoms with Gasteiger partial charge in [0.1, 0.15) is 5.82 Å². The van der Waals surface area contributed by atoms with Crippen molar-refractivity contribution in [3.05, 3.63) is 45.6 Å². The number of hydrogen-bond acceptors (Lipinski definition) is 4. The molecule has 0 atom stereocenters. The summed E-state index contributed by atoms with van der Waals surface area (Å²) in [6.07, 6.45) is 6.41. The van der Waals surface area contributed by atoms with Gasteiger partial charge in [0.05, 0.1) is 6.54 Å². The summed E-state index contributed by atoms with van der Waals surface area (Å²) in [7, 11) is 1.75. The Morgan fingerprint density at radius 3 is 2.50 bits per heavy atom. The maximum Gasteiger partial charge on any atom is 0.345 e. The fourth-order valence-electron chi connectivity index (χ4n) is 4.98. The Hall–Kier alpha value is -2.41. The van der Waals surface area contributed by atoms with Crippen molar-refractivity contribution in [3.8, 4) is 0 Å². The number of nitrogens with zero attached hydrogens (tertiary/aromatic N) is 4. The lowest BCUT2D eigenvalue weighted by molar-refractivity contribution is -0.117. The van der Waals surface area contributed by atoms with Crippen molar-refractivity contribution < 1.29 is 4.79 Å². The lowest BCUT2D eigenvalue weighted by Gasteiger charge is -2.31. The number of benzene rings is 1.